The average molecular weight is 272 g/mol. The maximum absolute atomic E-state index is 4.41. The van der Waals surface area contributed by atoms with Gasteiger partial charge >= 0.3 is 0 Å². The quantitative estimate of drug-likeness (QED) is 0.398. The minimum Gasteiger partial charge on any atom is -0.143 e. The van der Waals surface area contributed by atoms with Crippen molar-refractivity contribution in [1.82, 2.24) is 0 Å². The van der Waals surface area contributed by atoms with E-state index in [1.54, 1.807) is 0 Å². The Morgan fingerprint density at radius 1 is 0.765 bits per heavy atom. The fraction of sp³-hybridized carbons (Fsp3) is 0. The number of thiol groups is 1. The minimum atomic E-state index is 1.04. The van der Waals surface area contributed by atoms with Crippen molar-refractivity contribution in [3.05, 3.63) is 42.5 Å². The third kappa shape index (κ3) is 1.36. The number of hydrogen-bond donors (Lipinski definition) is 1. The summed E-state index contributed by atoms with van der Waals surface area (Å²) >= 11 is 8.17. The molecule has 0 aliphatic heterocycles. The standard InChI is InChI=1S/C14H8S3/c15-8-5-6-10-12(7-8)17-13-9-3-1-2-4-11(9)16-14(10)13/h1-7,15H. The predicted octanol–water partition coefficient (Wildman–Crippen LogP) is 5.56. The molecule has 0 unspecified atom stereocenters. The number of thiophene rings is 2. The van der Waals surface area contributed by atoms with Gasteiger partial charge in [-0.15, -0.1) is 35.3 Å². The molecule has 2 aromatic heterocycles. The van der Waals surface area contributed by atoms with Crippen molar-refractivity contribution in [2.75, 3.05) is 0 Å². The molecule has 0 nitrogen and oxygen atoms in total. The first kappa shape index (κ1) is 9.95. The summed E-state index contributed by atoms with van der Waals surface area (Å²) in [6.45, 7) is 0. The maximum Gasteiger partial charge on any atom is 0.0542 e. The van der Waals surface area contributed by atoms with E-state index < -0.39 is 0 Å². The first-order chi connectivity index (χ1) is 8.33. The minimum absolute atomic E-state index is 1.04. The lowest BCUT2D eigenvalue weighted by molar-refractivity contribution is 1.55. The van der Waals surface area contributed by atoms with Gasteiger partial charge in [0.1, 0.15) is 0 Å². The molecule has 0 N–H and O–H groups in total. The predicted molar refractivity (Wildman–Crippen MR) is 82.0 cm³/mol. The van der Waals surface area contributed by atoms with Crippen LogP contribution >= 0.6 is 35.3 Å². The fourth-order valence-corrected chi connectivity index (χ4v) is 5.18. The summed E-state index contributed by atoms with van der Waals surface area (Å²) in [6, 6.07) is 15.1. The molecule has 0 fully saturated rings. The van der Waals surface area contributed by atoms with Crippen molar-refractivity contribution in [3.8, 4) is 0 Å². The Labute approximate surface area is 112 Å². The Hall–Kier alpha value is -1.03. The lowest BCUT2D eigenvalue weighted by Crippen LogP contribution is -1.63. The molecule has 4 rings (SSSR count). The molecule has 0 radical (unpaired) electrons. The van der Waals surface area contributed by atoms with Crippen LogP contribution < -0.4 is 0 Å². The Morgan fingerprint density at radius 3 is 2.35 bits per heavy atom. The van der Waals surface area contributed by atoms with Crippen LogP contribution in [0.4, 0.5) is 0 Å². The number of hydrogen-bond acceptors (Lipinski definition) is 3. The van der Waals surface area contributed by atoms with Gasteiger partial charge in [0.25, 0.3) is 0 Å². The first-order valence-corrected chi connectivity index (χ1v) is 7.44. The Morgan fingerprint density at radius 2 is 1.47 bits per heavy atom. The fourth-order valence-electron chi connectivity index (χ4n) is 2.19. The summed E-state index contributed by atoms with van der Waals surface area (Å²) in [5.74, 6) is 0. The van der Waals surface area contributed by atoms with Gasteiger partial charge in [0.2, 0.25) is 0 Å². The van der Waals surface area contributed by atoms with E-state index in [9.17, 15) is 0 Å². The second-order valence-corrected chi connectivity index (χ2v) is 6.66. The van der Waals surface area contributed by atoms with E-state index in [0.29, 0.717) is 0 Å². The van der Waals surface area contributed by atoms with Crippen molar-refractivity contribution in [1.29, 1.82) is 0 Å². The lowest BCUT2D eigenvalue weighted by atomic mass is 10.2. The molecule has 0 aliphatic rings. The van der Waals surface area contributed by atoms with Crippen LogP contribution in [0.1, 0.15) is 0 Å². The van der Waals surface area contributed by atoms with E-state index in [0.717, 1.165) is 4.90 Å². The van der Waals surface area contributed by atoms with Crippen molar-refractivity contribution >= 4 is 64.9 Å². The summed E-state index contributed by atoms with van der Waals surface area (Å²) in [4.78, 5) is 1.04. The van der Waals surface area contributed by atoms with Gasteiger partial charge < -0.3 is 0 Å². The largest absolute Gasteiger partial charge is 0.143 e. The highest BCUT2D eigenvalue weighted by Gasteiger charge is 2.11. The van der Waals surface area contributed by atoms with E-state index in [4.69, 9.17) is 0 Å². The molecule has 0 spiro atoms. The van der Waals surface area contributed by atoms with Crippen molar-refractivity contribution < 1.29 is 0 Å². The van der Waals surface area contributed by atoms with E-state index in [1.165, 1.54) is 29.6 Å². The molecule has 0 amide bonds. The zero-order chi connectivity index (χ0) is 11.4. The second-order valence-electron chi connectivity index (χ2n) is 4.04. The molecule has 0 saturated carbocycles. The van der Waals surface area contributed by atoms with Crippen LogP contribution in [-0.4, -0.2) is 0 Å². The van der Waals surface area contributed by atoms with Gasteiger partial charge in [0.15, 0.2) is 0 Å². The van der Waals surface area contributed by atoms with Gasteiger partial charge in [-0.3, -0.25) is 0 Å². The number of fused-ring (bicyclic) bond motifs is 5. The van der Waals surface area contributed by atoms with Gasteiger partial charge in [-0.25, -0.2) is 0 Å². The van der Waals surface area contributed by atoms with Crippen LogP contribution in [0.25, 0.3) is 29.6 Å². The topological polar surface area (TPSA) is 0 Å². The van der Waals surface area contributed by atoms with Crippen LogP contribution in [0, 0.1) is 0 Å². The van der Waals surface area contributed by atoms with Crippen LogP contribution in [0.3, 0.4) is 0 Å². The molecule has 2 aromatic carbocycles. The summed E-state index contributed by atoms with van der Waals surface area (Å²) in [6.07, 6.45) is 0. The zero-order valence-electron chi connectivity index (χ0n) is 8.81. The van der Waals surface area contributed by atoms with E-state index in [1.807, 2.05) is 22.7 Å². The van der Waals surface area contributed by atoms with Gasteiger partial charge in [-0.1, -0.05) is 24.3 Å². The average Bonchev–Trinajstić information content (AvgIpc) is 2.84. The number of rotatable bonds is 0. The van der Waals surface area contributed by atoms with Gasteiger partial charge in [-0.05, 0) is 18.2 Å². The van der Waals surface area contributed by atoms with E-state index in [2.05, 4.69) is 55.1 Å². The highest BCUT2D eigenvalue weighted by atomic mass is 32.1. The van der Waals surface area contributed by atoms with E-state index in [-0.39, 0.29) is 0 Å². The van der Waals surface area contributed by atoms with Crippen LogP contribution in [0.2, 0.25) is 0 Å². The molecule has 2 heterocycles. The smallest absolute Gasteiger partial charge is 0.0542 e. The van der Waals surface area contributed by atoms with Crippen LogP contribution in [0.5, 0.6) is 0 Å². The van der Waals surface area contributed by atoms with Crippen molar-refractivity contribution in [2.24, 2.45) is 0 Å². The second kappa shape index (κ2) is 3.48. The Kier molecular flexibility index (Phi) is 2.04. The highest BCUT2D eigenvalue weighted by Crippen LogP contribution is 2.44. The molecule has 0 saturated heterocycles. The maximum atomic E-state index is 4.41. The molecular weight excluding hydrogens is 264 g/mol. The van der Waals surface area contributed by atoms with Gasteiger partial charge in [0.05, 0.1) is 9.40 Å². The van der Waals surface area contributed by atoms with Gasteiger partial charge in [0, 0.05) is 25.1 Å². The third-order valence-electron chi connectivity index (χ3n) is 2.97. The summed E-state index contributed by atoms with van der Waals surface area (Å²) in [7, 11) is 0. The molecule has 3 heteroatoms. The molecule has 82 valence electrons. The Balaban J connectivity index is 2.29. The molecule has 17 heavy (non-hydrogen) atoms. The highest BCUT2D eigenvalue weighted by molar-refractivity contribution is 7.80. The monoisotopic (exact) mass is 272 g/mol. The Bertz CT molecular complexity index is 852. The van der Waals surface area contributed by atoms with Crippen LogP contribution in [-0.2, 0) is 0 Å². The SMILES string of the molecule is Sc1ccc2c(c1)sc1c3ccccc3sc21. The van der Waals surface area contributed by atoms with E-state index >= 15 is 0 Å². The lowest BCUT2D eigenvalue weighted by Gasteiger charge is -1.91. The first-order valence-electron chi connectivity index (χ1n) is 5.36. The van der Waals surface area contributed by atoms with Crippen molar-refractivity contribution in [2.45, 2.75) is 4.90 Å². The molecule has 0 bridgehead atoms. The normalized spacial score (nSPS) is 11.8. The summed E-state index contributed by atoms with van der Waals surface area (Å²) in [5.41, 5.74) is 0. The molecule has 0 aliphatic carbocycles. The number of benzene rings is 2. The van der Waals surface area contributed by atoms with Crippen LogP contribution in [0.15, 0.2) is 47.4 Å². The third-order valence-corrected chi connectivity index (χ3v) is 5.77. The molecule has 0 atom stereocenters. The summed E-state index contributed by atoms with van der Waals surface area (Å²) < 4.78 is 5.55. The zero-order valence-corrected chi connectivity index (χ0v) is 11.3. The molecule has 4 aromatic rings. The van der Waals surface area contributed by atoms with Crippen molar-refractivity contribution in [3.63, 3.8) is 0 Å². The summed E-state index contributed by atoms with van der Waals surface area (Å²) in [5, 5.41) is 2.75. The molecular formula is C14H8S3. The van der Waals surface area contributed by atoms with Gasteiger partial charge in [-0.2, -0.15) is 0 Å².